The van der Waals surface area contributed by atoms with E-state index in [4.69, 9.17) is 14.2 Å². The van der Waals surface area contributed by atoms with Crippen molar-refractivity contribution in [3.8, 4) is 0 Å². The topological polar surface area (TPSA) is 161 Å². The molecule has 2 aromatic carbocycles. The molecule has 2 fully saturated rings. The summed E-state index contributed by atoms with van der Waals surface area (Å²) in [4.78, 5) is 83.0. The van der Waals surface area contributed by atoms with Gasteiger partial charge >= 0.3 is 18.0 Å². The number of ether oxygens (including phenoxy) is 3. The second-order valence-electron chi connectivity index (χ2n) is 16.6. The molecule has 2 N–H and O–H groups in total. The summed E-state index contributed by atoms with van der Waals surface area (Å²) in [5, 5.41) is 5.47. The molecule has 1 saturated heterocycles. The fourth-order valence-corrected chi connectivity index (χ4v) is 7.47. The lowest BCUT2D eigenvalue weighted by atomic mass is 9.84. The van der Waals surface area contributed by atoms with E-state index in [9.17, 15) is 28.8 Å². The highest BCUT2D eigenvalue weighted by Crippen LogP contribution is 2.28. The molecule has 1 saturated carbocycles. The molecular weight excluding hydrogens is 741 g/mol. The number of amides is 4. The Morgan fingerprint density at radius 2 is 1.38 bits per heavy atom. The molecule has 2 aliphatic rings. The van der Waals surface area contributed by atoms with Crippen LogP contribution >= 0.6 is 0 Å². The highest BCUT2D eigenvalue weighted by molar-refractivity contribution is 5.94. The van der Waals surface area contributed by atoms with Crippen molar-refractivity contribution in [2.45, 2.75) is 136 Å². The molecular formula is C45H64N4O9. The Kier molecular flexibility index (Phi) is 18.5. The monoisotopic (exact) mass is 804 g/mol. The van der Waals surface area contributed by atoms with E-state index in [0.717, 1.165) is 62.5 Å². The van der Waals surface area contributed by atoms with Crippen molar-refractivity contribution >= 4 is 35.8 Å². The van der Waals surface area contributed by atoms with Crippen molar-refractivity contribution in [2.24, 2.45) is 11.8 Å². The molecule has 4 amide bonds. The number of esters is 2. The third-order valence-electron chi connectivity index (χ3n) is 10.7. The number of hydrogen-bond acceptors (Lipinski definition) is 9. The van der Waals surface area contributed by atoms with Crippen LogP contribution in [0.2, 0.25) is 0 Å². The van der Waals surface area contributed by atoms with Crippen molar-refractivity contribution in [3.05, 3.63) is 71.8 Å². The van der Waals surface area contributed by atoms with Gasteiger partial charge in [0.25, 0.3) is 0 Å². The largest absolute Gasteiger partial charge is 0.461 e. The molecule has 0 bridgehead atoms. The van der Waals surface area contributed by atoms with Crippen LogP contribution in [0.3, 0.4) is 0 Å². The summed E-state index contributed by atoms with van der Waals surface area (Å²) < 4.78 is 16.6. The maximum absolute atomic E-state index is 14.0. The fraction of sp³-hybridized carbons (Fsp3) is 0.600. The zero-order valence-corrected chi connectivity index (χ0v) is 34.9. The molecule has 0 unspecified atom stereocenters. The number of piperidine rings is 1. The van der Waals surface area contributed by atoms with Crippen LogP contribution in [-0.2, 0) is 51.4 Å². The van der Waals surface area contributed by atoms with Gasteiger partial charge in [-0.2, -0.15) is 0 Å². The number of benzene rings is 2. The minimum Gasteiger partial charge on any atom is -0.461 e. The second kappa shape index (κ2) is 23.5. The molecule has 1 heterocycles. The van der Waals surface area contributed by atoms with Crippen LogP contribution in [0, 0.1) is 11.8 Å². The quantitative estimate of drug-likeness (QED) is 0.120. The number of nitrogens with one attached hydrogen (secondary N) is 2. The van der Waals surface area contributed by atoms with Gasteiger partial charge in [-0.1, -0.05) is 92.8 Å². The highest BCUT2D eigenvalue weighted by atomic mass is 16.6. The number of likely N-dealkylation sites (N-methyl/N-ethyl adjacent to an activating group) is 1. The molecule has 1 aliphatic heterocycles. The molecule has 0 spiro atoms. The number of likely N-dealkylation sites (tertiary alicyclic amines) is 1. The first-order valence-corrected chi connectivity index (χ1v) is 21.0. The first-order chi connectivity index (χ1) is 27.8. The molecule has 13 heteroatoms. The van der Waals surface area contributed by atoms with E-state index in [1.54, 1.807) is 11.8 Å². The lowest BCUT2D eigenvalue weighted by molar-refractivity contribution is -0.150. The number of rotatable bonds is 19. The normalized spacial score (nSPS) is 16.0. The van der Waals surface area contributed by atoms with Crippen LogP contribution in [0.15, 0.2) is 60.7 Å². The van der Waals surface area contributed by atoms with Gasteiger partial charge in [-0.05, 0) is 82.8 Å². The van der Waals surface area contributed by atoms with Gasteiger partial charge in [0.1, 0.15) is 30.9 Å². The van der Waals surface area contributed by atoms with Gasteiger partial charge in [0.15, 0.2) is 0 Å². The fourth-order valence-electron chi connectivity index (χ4n) is 7.47. The number of carbonyl (C=O) groups excluding carboxylic acids is 6. The van der Waals surface area contributed by atoms with Gasteiger partial charge in [0.2, 0.25) is 17.7 Å². The van der Waals surface area contributed by atoms with E-state index >= 15 is 0 Å². The van der Waals surface area contributed by atoms with Crippen molar-refractivity contribution in [2.75, 3.05) is 26.2 Å². The van der Waals surface area contributed by atoms with Crippen molar-refractivity contribution < 1.29 is 43.0 Å². The standard InChI is InChI=1S/C45H64N4O9/c1-5-48(40(51)23-15-22-33-24-26-49(27-25-33)44(55)58-45(2,3)4)30-39(50)46-37(29-41(52)56-31-35-18-11-7-12-19-35)42(53)47-38(28-34-16-9-6-10-17-34)43(54)57-32-36-20-13-8-14-21-36/h7-8,11-14,18-21,33-34,37-38H,5-6,9-10,15-17,22-32H2,1-4H3,(H,46,50)(H,47,53)/t37-,38+/m0/s1. The summed E-state index contributed by atoms with van der Waals surface area (Å²) in [6, 6.07) is 16.0. The molecule has 2 aromatic rings. The molecule has 13 nitrogen and oxygen atoms in total. The third kappa shape index (κ3) is 16.5. The zero-order chi connectivity index (χ0) is 41.9. The van der Waals surface area contributed by atoms with Crippen LogP contribution in [0.1, 0.15) is 116 Å². The Morgan fingerprint density at radius 3 is 1.97 bits per heavy atom. The Morgan fingerprint density at radius 1 is 0.776 bits per heavy atom. The predicted molar refractivity (Wildman–Crippen MR) is 219 cm³/mol. The lowest BCUT2D eigenvalue weighted by Gasteiger charge is -2.33. The van der Waals surface area contributed by atoms with Crippen LogP contribution in [0.25, 0.3) is 0 Å². The van der Waals surface area contributed by atoms with Gasteiger partial charge in [0, 0.05) is 26.1 Å². The molecule has 0 aromatic heterocycles. The smallest absolute Gasteiger partial charge is 0.410 e. The van der Waals surface area contributed by atoms with E-state index in [2.05, 4.69) is 10.6 Å². The SMILES string of the molecule is CCN(CC(=O)N[C@@H](CC(=O)OCc1ccccc1)C(=O)N[C@H](CC1CCCCC1)C(=O)OCc1ccccc1)C(=O)CCCC1CCN(C(=O)OC(C)(C)C)CC1. The summed E-state index contributed by atoms with van der Waals surface area (Å²) in [5.41, 5.74) is 1.02. The lowest BCUT2D eigenvalue weighted by Crippen LogP contribution is -2.54. The zero-order valence-electron chi connectivity index (χ0n) is 34.9. The van der Waals surface area contributed by atoms with E-state index in [1.807, 2.05) is 81.4 Å². The van der Waals surface area contributed by atoms with Crippen LogP contribution in [0.4, 0.5) is 4.79 Å². The second-order valence-corrected chi connectivity index (χ2v) is 16.6. The number of nitrogens with zero attached hydrogens (tertiary/aromatic N) is 2. The third-order valence-corrected chi connectivity index (χ3v) is 10.7. The number of carbonyl (C=O) groups is 6. The Hall–Kier alpha value is -4.94. The average Bonchev–Trinajstić information content (AvgIpc) is 3.21. The first-order valence-electron chi connectivity index (χ1n) is 21.0. The summed E-state index contributed by atoms with van der Waals surface area (Å²) in [6.07, 6.45) is 8.02. The van der Waals surface area contributed by atoms with E-state index in [-0.39, 0.29) is 50.6 Å². The highest BCUT2D eigenvalue weighted by Gasteiger charge is 2.33. The Balaban J connectivity index is 1.35. The van der Waals surface area contributed by atoms with Crippen LogP contribution in [0.5, 0.6) is 0 Å². The van der Waals surface area contributed by atoms with Crippen LogP contribution < -0.4 is 10.6 Å². The van der Waals surface area contributed by atoms with Crippen LogP contribution in [-0.4, -0.2) is 89.4 Å². The van der Waals surface area contributed by atoms with E-state index < -0.39 is 47.9 Å². The van der Waals surface area contributed by atoms with Gasteiger partial charge < -0.3 is 34.6 Å². The molecule has 58 heavy (non-hydrogen) atoms. The molecule has 1 aliphatic carbocycles. The van der Waals surface area contributed by atoms with Gasteiger partial charge in [-0.25, -0.2) is 9.59 Å². The number of hydrogen-bond donors (Lipinski definition) is 2. The minimum atomic E-state index is -1.37. The van der Waals surface area contributed by atoms with Crippen molar-refractivity contribution in [1.29, 1.82) is 0 Å². The van der Waals surface area contributed by atoms with Gasteiger partial charge in [-0.15, -0.1) is 0 Å². The molecule has 0 radical (unpaired) electrons. The molecule has 4 rings (SSSR count). The Labute approximate surface area is 343 Å². The average molecular weight is 805 g/mol. The maximum Gasteiger partial charge on any atom is 0.410 e. The molecule has 2 atom stereocenters. The first kappa shape index (κ1) is 45.8. The van der Waals surface area contributed by atoms with Gasteiger partial charge in [-0.3, -0.25) is 19.2 Å². The van der Waals surface area contributed by atoms with Gasteiger partial charge in [0.05, 0.1) is 13.0 Å². The summed E-state index contributed by atoms with van der Waals surface area (Å²) in [5.74, 6) is -2.23. The Bertz CT molecular complexity index is 1620. The molecule has 318 valence electrons. The van der Waals surface area contributed by atoms with E-state index in [1.165, 1.54) is 4.90 Å². The van der Waals surface area contributed by atoms with Crippen molar-refractivity contribution in [1.82, 2.24) is 20.4 Å². The summed E-state index contributed by atoms with van der Waals surface area (Å²) in [7, 11) is 0. The predicted octanol–water partition coefficient (Wildman–Crippen LogP) is 6.47. The van der Waals surface area contributed by atoms with E-state index in [0.29, 0.717) is 31.8 Å². The van der Waals surface area contributed by atoms with Crippen molar-refractivity contribution in [3.63, 3.8) is 0 Å². The maximum atomic E-state index is 14.0. The summed E-state index contributed by atoms with van der Waals surface area (Å²) >= 11 is 0. The minimum absolute atomic E-state index is 0.0148. The summed E-state index contributed by atoms with van der Waals surface area (Å²) in [6.45, 7) is 8.53.